The molecular weight excluding hydrogens is 415 g/mol. The second-order valence-electron chi connectivity index (χ2n) is 6.13. The number of hydrogen-bond acceptors (Lipinski definition) is 2. The molecule has 0 saturated heterocycles. The number of aryl methyl sites for hydroxylation is 1. The summed E-state index contributed by atoms with van der Waals surface area (Å²) in [6, 6.07) is 5.20. The lowest BCUT2D eigenvalue weighted by Crippen LogP contribution is -2.11. The Kier molecular flexibility index (Phi) is 5.49. The van der Waals surface area contributed by atoms with E-state index in [-0.39, 0.29) is 35.6 Å². The molecule has 1 fully saturated rings. The van der Waals surface area contributed by atoms with Crippen molar-refractivity contribution in [1.29, 1.82) is 0 Å². The highest BCUT2D eigenvalue weighted by Gasteiger charge is 2.61. The van der Waals surface area contributed by atoms with Gasteiger partial charge >= 0.3 is 5.97 Å². The number of benzene rings is 1. The Morgan fingerprint density at radius 3 is 2.59 bits per heavy atom. The molecule has 120 valence electrons. The zero-order valence-electron chi connectivity index (χ0n) is 12.8. The van der Waals surface area contributed by atoms with Gasteiger partial charge in [0.1, 0.15) is 12.4 Å². The number of ether oxygens (including phenoxy) is 1. The molecule has 0 aromatic heterocycles. The van der Waals surface area contributed by atoms with Gasteiger partial charge in [0.05, 0.1) is 9.31 Å². The van der Waals surface area contributed by atoms with Gasteiger partial charge in [0.2, 0.25) is 0 Å². The molecule has 1 aliphatic carbocycles. The van der Waals surface area contributed by atoms with E-state index in [0.717, 1.165) is 3.39 Å². The van der Waals surface area contributed by atoms with Gasteiger partial charge in [0, 0.05) is 5.56 Å². The number of halogens is 3. The number of hydrogen-bond donors (Lipinski definition) is 0. The van der Waals surface area contributed by atoms with Gasteiger partial charge in [-0.1, -0.05) is 45.0 Å². The smallest absolute Gasteiger partial charge is 0.310 e. The van der Waals surface area contributed by atoms with E-state index in [1.54, 1.807) is 18.2 Å². The molecule has 1 aromatic rings. The molecule has 0 bridgehead atoms. The summed E-state index contributed by atoms with van der Waals surface area (Å²) in [7, 11) is 0. The maximum atomic E-state index is 14.1. The van der Waals surface area contributed by atoms with Crippen molar-refractivity contribution >= 4 is 37.8 Å². The maximum absolute atomic E-state index is 14.1. The number of carbonyl (C=O) groups is 1. The van der Waals surface area contributed by atoms with Gasteiger partial charge in [-0.25, -0.2) is 4.39 Å². The highest BCUT2D eigenvalue weighted by atomic mass is 79.9. The Labute approximate surface area is 147 Å². The SMILES string of the molecule is CCc1cccc(COC(=O)C2C(C=C(Br)Br)C2(C)C)c1F. The molecule has 22 heavy (non-hydrogen) atoms. The highest BCUT2D eigenvalue weighted by Crippen LogP contribution is 2.60. The summed E-state index contributed by atoms with van der Waals surface area (Å²) in [5.74, 6) is -0.600. The normalized spacial score (nSPS) is 22.1. The van der Waals surface area contributed by atoms with Crippen molar-refractivity contribution in [1.82, 2.24) is 0 Å². The number of rotatable bonds is 5. The molecule has 1 saturated carbocycles. The molecule has 2 rings (SSSR count). The lowest BCUT2D eigenvalue weighted by Gasteiger charge is -2.09. The Morgan fingerprint density at radius 2 is 2.00 bits per heavy atom. The van der Waals surface area contributed by atoms with Crippen molar-refractivity contribution in [3.05, 3.63) is 44.6 Å². The Morgan fingerprint density at radius 1 is 1.36 bits per heavy atom. The van der Waals surface area contributed by atoms with Gasteiger partial charge in [0.25, 0.3) is 0 Å². The highest BCUT2D eigenvalue weighted by molar-refractivity contribution is 9.28. The summed E-state index contributed by atoms with van der Waals surface area (Å²) >= 11 is 6.64. The quantitative estimate of drug-likeness (QED) is 0.586. The van der Waals surface area contributed by atoms with Crippen molar-refractivity contribution in [2.24, 2.45) is 17.3 Å². The van der Waals surface area contributed by atoms with Gasteiger partial charge in [-0.15, -0.1) is 0 Å². The summed E-state index contributed by atoms with van der Waals surface area (Å²) in [6.45, 7) is 5.94. The second kappa shape index (κ2) is 6.83. The lowest BCUT2D eigenvalue weighted by atomic mass is 10.1. The third kappa shape index (κ3) is 3.62. The topological polar surface area (TPSA) is 26.3 Å². The summed E-state index contributed by atoms with van der Waals surface area (Å²) in [4.78, 5) is 12.2. The molecule has 0 spiro atoms. The van der Waals surface area contributed by atoms with Crippen molar-refractivity contribution in [2.45, 2.75) is 33.8 Å². The number of esters is 1. The van der Waals surface area contributed by atoms with Gasteiger partial charge in [-0.05, 0) is 55.2 Å². The average Bonchev–Trinajstić information content (AvgIpc) is 2.97. The predicted octanol–water partition coefficient (Wildman–Crippen LogP) is 5.33. The Bertz CT molecular complexity index is 607. The minimum atomic E-state index is -0.271. The largest absolute Gasteiger partial charge is 0.460 e. The van der Waals surface area contributed by atoms with Crippen molar-refractivity contribution in [2.75, 3.05) is 0 Å². The molecule has 1 aliphatic rings. The van der Waals surface area contributed by atoms with Gasteiger partial charge < -0.3 is 4.74 Å². The van der Waals surface area contributed by atoms with Crippen LogP contribution >= 0.6 is 31.9 Å². The van der Waals surface area contributed by atoms with E-state index < -0.39 is 0 Å². The van der Waals surface area contributed by atoms with Crippen LogP contribution in [0.5, 0.6) is 0 Å². The molecule has 2 unspecified atom stereocenters. The zero-order valence-corrected chi connectivity index (χ0v) is 16.0. The maximum Gasteiger partial charge on any atom is 0.310 e. The molecular formula is C17H19Br2FO2. The Balaban J connectivity index is 2.01. The summed E-state index contributed by atoms with van der Waals surface area (Å²) in [5, 5.41) is 0. The van der Waals surface area contributed by atoms with Crippen molar-refractivity contribution < 1.29 is 13.9 Å². The standard InChI is InChI=1S/C17H19Br2FO2/c1-4-10-6-5-7-11(15(10)20)9-22-16(21)14-12(8-13(18)19)17(14,2)3/h5-8,12,14H,4,9H2,1-3H3. The number of carbonyl (C=O) groups excluding carboxylic acids is 1. The Hall–Kier alpha value is -0.680. The lowest BCUT2D eigenvalue weighted by molar-refractivity contribution is -0.147. The van der Waals surface area contributed by atoms with Gasteiger partial charge in [0.15, 0.2) is 0 Å². The molecule has 0 radical (unpaired) electrons. The van der Waals surface area contributed by atoms with Gasteiger partial charge in [-0.2, -0.15) is 0 Å². The van der Waals surface area contributed by atoms with Crippen LogP contribution in [0.2, 0.25) is 0 Å². The first-order valence-corrected chi connectivity index (χ1v) is 8.83. The molecule has 2 atom stereocenters. The first-order valence-electron chi connectivity index (χ1n) is 7.24. The molecule has 5 heteroatoms. The number of allylic oxidation sites excluding steroid dienone is 1. The monoisotopic (exact) mass is 432 g/mol. The molecule has 1 aromatic carbocycles. The third-order valence-corrected chi connectivity index (χ3v) is 4.91. The molecule has 0 N–H and O–H groups in total. The summed E-state index contributed by atoms with van der Waals surface area (Å²) in [5.41, 5.74) is 0.942. The van der Waals surface area contributed by atoms with Gasteiger partial charge in [-0.3, -0.25) is 4.79 Å². The average molecular weight is 434 g/mol. The van der Waals surface area contributed by atoms with Crippen LogP contribution in [0, 0.1) is 23.1 Å². The zero-order chi connectivity index (χ0) is 16.5. The fourth-order valence-corrected chi connectivity index (χ4v) is 3.40. The van der Waals surface area contributed by atoms with Crippen molar-refractivity contribution in [3.8, 4) is 0 Å². The fourth-order valence-electron chi connectivity index (χ4n) is 2.83. The fraction of sp³-hybridized carbons (Fsp3) is 0.471. The van der Waals surface area contributed by atoms with Crippen LogP contribution in [-0.4, -0.2) is 5.97 Å². The minimum Gasteiger partial charge on any atom is -0.460 e. The molecule has 0 amide bonds. The van der Waals surface area contributed by atoms with Crippen LogP contribution in [0.3, 0.4) is 0 Å². The summed E-state index contributed by atoms with van der Waals surface area (Å²) in [6.07, 6.45) is 2.58. The van der Waals surface area contributed by atoms with E-state index in [2.05, 4.69) is 31.9 Å². The van der Waals surface area contributed by atoms with E-state index in [4.69, 9.17) is 4.74 Å². The molecule has 0 heterocycles. The van der Waals surface area contributed by atoms with Crippen LogP contribution in [-0.2, 0) is 22.6 Å². The van der Waals surface area contributed by atoms with E-state index in [9.17, 15) is 9.18 Å². The van der Waals surface area contributed by atoms with Crippen LogP contribution < -0.4 is 0 Å². The molecule has 2 nitrogen and oxygen atoms in total. The first kappa shape index (κ1) is 17.7. The van der Waals surface area contributed by atoms with E-state index in [1.165, 1.54) is 0 Å². The third-order valence-electron chi connectivity index (χ3n) is 4.38. The summed E-state index contributed by atoms with van der Waals surface area (Å²) < 4.78 is 20.3. The minimum absolute atomic E-state index is 0.0169. The molecule has 0 aliphatic heterocycles. The van der Waals surface area contributed by atoms with E-state index in [1.807, 2.05) is 26.8 Å². The van der Waals surface area contributed by atoms with Crippen LogP contribution in [0.25, 0.3) is 0 Å². The van der Waals surface area contributed by atoms with Crippen molar-refractivity contribution in [3.63, 3.8) is 0 Å². The predicted molar refractivity (Wildman–Crippen MR) is 92.3 cm³/mol. The van der Waals surface area contributed by atoms with Crippen LogP contribution in [0.4, 0.5) is 4.39 Å². The first-order chi connectivity index (χ1) is 10.3. The second-order valence-corrected chi connectivity index (χ2v) is 8.91. The van der Waals surface area contributed by atoms with E-state index in [0.29, 0.717) is 17.5 Å². The van der Waals surface area contributed by atoms with Crippen LogP contribution in [0.15, 0.2) is 27.7 Å². The van der Waals surface area contributed by atoms with Crippen LogP contribution in [0.1, 0.15) is 31.9 Å². The van der Waals surface area contributed by atoms with E-state index >= 15 is 0 Å².